The number of hydrogen-bond donors (Lipinski definition) is 1. The molecule has 0 amide bonds. The molecule has 0 saturated heterocycles. The van der Waals surface area contributed by atoms with Crippen LogP contribution in [0.3, 0.4) is 0 Å². The fraction of sp³-hybridized carbons (Fsp3) is 0.571. The SMILES string of the molecule is CCOc1ccc(S(=O)(=O)N[C@H](C)CC)cc1OCC. The Labute approximate surface area is 121 Å². The Morgan fingerprint density at radius 1 is 1.10 bits per heavy atom. The minimum absolute atomic E-state index is 0.109. The molecule has 0 radical (unpaired) electrons. The molecule has 1 N–H and O–H groups in total. The molecule has 1 rings (SSSR count). The molecule has 20 heavy (non-hydrogen) atoms. The number of benzene rings is 1. The molecular weight excluding hydrogens is 278 g/mol. The third-order valence-electron chi connectivity index (χ3n) is 2.79. The van der Waals surface area contributed by atoms with Gasteiger partial charge in [0.15, 0.2) is 11.5 Å². The smallest absolute Gasteiger partial charge is 0.240 e. The van der Waals surface area contributed by atoms with Gasteiger partial charge in [-0.2, -0.15) is 0 Å². The van der Waals surface area contributed by atoms with Gasteiger partial charge in [-0.1, -0.05) is 6.92 Å². The van der Waals surface area contributed by atoms with Gasteiger partial charge in [-0.05, 0) is 39.3 Å². The van der Waals surface area contributed by atoms with Crippen molar-refractivity contribution in [2.24, 2.45) is 0 Å². The lowest BCUT2D eigenvalue weighted by molar-refractivity contribution is 0.287. The van der Waals surface area contributed by atoms with Crippen molar-refractivity contribution in [3.63, 3.8) is 0 Å². The van der Waals surface area contributed by atoms with Crippen molar-refractivity contribution in [1.82, 2.24) is 4.72 Å². The molecule has 1 atom stereocenters. The Morgan fingerprint density at radius 2 is 1.70 bits per heavy atom. The molecular formula is C14H23NO4S. The van der Waals surface area contributed by atoms with Crippen LogP contribution >= 0.6 is 0 Å². The average molecular weight is 301 g/mol. The number of rotatable bonds is 8. The summed E-state index contributed by atoms with van der Waals surface area (Å²) in [6, 6.07) is 4.54. The molecule has 0 unspecified atom stereocenters. The van der Waals surface area contributed by atoms with E-state index in [4.69, 9.17) is 9.47 Å². The van der Waals surface area contributed by atoms with E-state index in [1.807, 2.05) is 27.7 Å². The summed E-state index contributed by atoms with van der Waals surface area (Å²) in [5.41, 5.74) is 0. The molecule has 5 nitrogen and oxygen atoms in total. The molecule has 6 heteroatoms. The van der Waals surface area contributed by atoms with E-state index in [-0.39, 0.29) is 10.9 Å². The first-order chi connectivity index (χ1) is 9.44. The largest absolute Gasteiger partial charge is 0.490 e. The third-order valence-corrected chi connectivity index (χ3v) is 4.38. The van der Waals surface area contributed by atoms with E-state index in [1.54, 1.807) is 6.07 Å². The quantitative estimate of drug-likeness (QED) is 0.801. The molecule has 0 aromatic heterocycles. The zero-order chi connectivity index (χ0) is 15.2. The Hall–Kier alpha value is -1.27. The van der Waals surface area contributed by atoms with E-state index in [0.717, 1.165) is 6.42 Å². The normalized spacial score (nSPS) is 13.0. The van der Waals surface area contributed by atoms with Gasteiger partial charge in [0.2, 0.25) is 10.0 Å². The molecule has 0 bridgehead atoms. The van der Waals surface area contributed by atoms with Gasteiger partial charge in [0.25, 0.3) is 0 Å². The monoisotopic (exact) mass is 301 g/mol. The van der Waals surface area contributed by atoms with Crippen LogP contribution in [0.2, 0.25) is 0 Å². The summed E-state index contributed by atoms with van der Waals surface area (Å²) in [6.45, 7) is 8.41. The van der Waals surface area contributed by atoms with Crippen molar-refractivity contribution in [3.8, 4) is 11.5 Å². The van der Waals surface area contributed by atoms with Crippen molar-refractivity contribution in [2.75, 3.05) is 13.2 Å². The second-order valence-corrected chi connectivity index (χ2v) is 6.12. The van der Waals surface area contributed by atoms with Crippen LogP contribution < -0.4 is 14.2 Å². The van der Waals surface area contributed by atoms with Crippen molar-refractivity contribution in [3.05, 3.63) is 18.2 Å². The first-order valence-electron chi connectivity index (χ1n) is 6.86. The fourth-order valence-electron chi connectivity index (χ4n) is 1.61. The fourth-order valence-corrected chi connectivity index (χ4v) is 2.96. The molecule has 1 aromatic rings. The molecule has 0 spiro atoms. The summed E-state index contributed by atoms with van der Waals surface area (Å²) >= 11 is 0. The van der Waals surface area contributed by atoms with Crippen LogP contribution in [0.1, 0.15) is 34.1 Å². The molecule has 114 valence electrons. The van der Waals surface area contributed by atoms with Gasteiger partial charge in [-0.25, -0.2) is 13.1 Å². The van der Waals surface area contributed by atoms with Gasteiger partial charge < -0.3 is 9.47 Å². The number of hydrogen-bond acceptors (Lipinski definition) is 4. The molecule has 0 aliphatic carbocycles. The van der Waals surface area contributed by atoms with E-state index >= 15 is 0 Å². The van der Waals surface area contributed by atoms with Gasteiger partial charge in [0, 0.05) is 12.1 Å². The summed E-state index contributed by atoms with van der Waals surface area (Å²) in [5, 5.41) is 0. The zero-order valence-corrected chi connectivity index (χ0v) is 13.3. The maximum absolute atomic E-state index is 12.2. The van der Waals surface area contributed by atoms with Crippen LogP contribution in [-0.2, 0) is 10.0 Å². The van der Waals surface area contributed by atoms with Crippen molar-refractivity contribution < 1.29 is 17.9 Å². The van der Waals surface area contributed by atoms with E-state index in [1.165, 1.54) is 12.1 Å². The Kier molecular flexibility index (Phi) is 6.29. The van der Waals surface area contributed by atoms with E-state index in [2.05, 4.69) is 4.72 Å². The molecule has 0 heterocycles. The van der Waals surface area contributed by atoms with Crippen molar-refractivity contribution >= 4 is 10.0 Å². The van der Waals surface area contributed by atoms with Crippen LogP contribution in [0.4, 0.5) is 0 Å². The second kappa shape index (κ2) is 7.50. The third kappa shape index (κ3) is 4.38. The number of nitrogens with one attached hydrogen (secondary N) is 1. The highest BCUT2D eigenvalue weighted by Crippen LogP contribution is 2.30. The number of sulfonamides is 1. The Bertz CT molecular complexity index is 528. The highest BCUT2D eigenvalue weighted by Gasteiger charge is 2.19. The molecule has 0 fully saturated rings. The average Bonchev–Trinajstić information content (AvgIpc) is 2.40. The van der Waals surface area contributed by atoms with Crippen LogP contribution in [0.5, 0.6) is 11.5 Å². The summed E-state index contributed by atoms with van der Waals surface area (Å²) in [4.78, 5) is 0.185. The molecule has 0 saturated carbocycles. The summed E-state index contributed by atoms with van der Waals surface area (Å²) in [7, 11) is -3.53. The first-order valence-corrected chi connectivity index (χ1v) is 8.34. The second-order valence-electron chi connectivity index (χ2n) is 4.41. The Balaban J connectivity index is 3.10. The van der Waals surface area contributed by atoms with Crippen LogP contribution in [-0.4, -0.2) is 27.7 Å². The summed E-state index contributed by atoms with van der Waals surface area (Å²) < 4.78 is 37.9. The zero-order valence-electron chi connectivity index (χ0n) is 12.5. The summed E-state index contributed by atoms with van der Waals surface area (Å²) in [6.07, 6.45) is 0.731. The van der Waals surface area contributed by atoms with Gasteiger partial charge in [0.1, 0.15) is 0 Å². The summed E-state index contributed by atoms with van der Waals surface area (Å²) in [5.74, 6) is 0.998. The lowest BCUT2D eigenvalue weighted by Crippen LogP contribution is -2.32. The lowest BCUT2D eigenvalue weighted by atomic mass is 10.3. The van der Waals surface area contributed by atoms with Gasteiger partial charge in [-0.3, -0.25) is 0 Å². The number of ether oxygens (including phenoxy) is 2. The van der Waals surface area contributed by atoms with E-state index in [9.17, 15) is 8.42 Å². The topological polar surface area (TPSA) is 64.6 Å². The van der Waals surface area contributed by atoms with Gasteiger partial charge >= 0.3 is 0 Å². The molecule has 1 aromatic carbocycles. The standard InChI is InChI=1S/C14H23NO4S/c1-5-11(4)15-20(16,17)12-8-9-13(18-6-2)14(10-12)19-7-3/h8-11,15H,5-7H2,1-4H3/t11-/m1/s1. The highest BCUT2D eigenvalue weighted by molar-refractivity contribution is 7.89. The first kappa shape index (κ1) is 16.8. The predicted octanol–water partition coefficient (Wildman–Crippen LogP) is 2.56. The van der Waals surface area contributed by atoms with E-state index < -0.39 is 10.0 Å². The maximum Gasteiger partial charge on any atom is 0.240 e. The van der Waals surface area contributed by atoms with Crippen LogP contribution in [0.15, 0.2) is 23.1 Å². The molecule has 0 aliphatic heterocycles. The van der Waals surface area contributed by atoms with Gasteiger partial charge in [0.05, 0.1) is 18.1 Å². The predicted molar refractivity (Wildman–Crippen MR) is 78.9 cm³/mol. The maximum atomic E-state index is 12.2. The minimum Gasteiger partial charge on any atom is -0.490 e. The minimum atomic E-state index is -3.53. The van der Waals surface area contributed by atoms with Crippen LogP contribution in [0.25, 0.3) is 0 Å². The molecule has 0 aliphatic rings. The van der Waals surface area contributed by atoms with Crippen molar-refractivity contribution in [2.45, 2.75) is 45.1 Å². The van der Waals surface area contributed by atoms with Crippen molar-refractivity contribution in [1.29, 1.82) is 0 Å². The Morgan fingerprint density at radius 3 is 2.25 bits per heavy atom. The van der Waals surface area contributed by atoms with Crippen LogP contribution in [0, 0.1) is 0 Å². The van der Waals surface area contributed by atoms with E-state index in [0.29, 0.717) is 24.7 Å². The van der Waals surface area contributed by atoms with Gasteiger partial charge in [-0.15, -0.1) is 0 Å². The lowest BCUT2D eigenvalue weighted by Gasteiger charge is -2.15. The highest BCUT2D eigenvalue weighted by atomic mass is 32.2.